The molecule has 174 valence electrons. The van der Waals surface area contributed by atoms with Crippen molar-refractivity contribution in [2.24, 2.45) is 0 Å². The lowest BCUT2D eigenvalue weighted by Gasteiger charge is -2.26. The molecule has 4 rings (SSSR count). The number of ether oxygens (including phenoxy) is 1. The van der Waals surface area contributed by atoms with Crippen LogP contribution < -0.4 is 9.64 Å². The number of benzene rings is 3. The Balaban J connectivity index is 1.96. The van der Waals surface area contributed by atoms with E-state index in [0.717, 1.165) is 5.56 Å². The van der Waals surface area contributed by atoms with Gasteiger partial charge in [0.25, 0.3) is 11.7 Å². The normalized spacial score (nSPS) is 17.4. The summed E-state index contributed by atoms with van der Waals surface area (Å²) in [5, 5.41) is 21.8. The van der Waals surface area contributed by atoms with Crippen LogP contribution in [0.15, 0.2) is 72.3 Å². The molecule has 34 heavy (non-hydrogen) atoms. The van der Waals surface area contributed by atoms with E-state index in [1.807, 2.05) is 12.1 Å². The number of nitrogens with zero attached hydrogens (tertiary/aromatic N) is 1. The molecule has 3 aromatic rings. The average molecular weight is 478 g/mol. The van der Waals surface area contributed by atoms with Crippen LogP contribution in [0.5, 0.6) is 11.5 Å². The number of ketones is 1. The molecule has 0 spiro atoms. The van der Waals surface area contributed by atoms with Crippen LogP contribution in [-0.4, -0.2) is 29.0 Å². The van der Waals surface area contributed by atoms with Crippen LogP contribution in [0.3, 0.4) is 0 Å². The Labute approximate surface area is 202 Å². The SMILES string of the molecule is COc1ccc(Cl)cc1/C(O)=C1\C(=O)C(=O)N(c2ccc(C(C)C)cc2)C1c1cccc(O)c1. The van der Waals surface area contributed by atoms with E-state index in [4.69, 9.17) is 16.3 Å². The molecule has 2 N–H and O–H groups in total. The highest BCUT2D eigenvalue weighted by Crippen LogP contribution is 2.44. The van der Waals surface area contributed by atoms with Crippen LogP contribution in [-0.2, 0) is 9.59 Å². The summed E-state index contributed by atoms with van der Waals surface area (Å²) in [5.74, 6) is -1.48. The highest BCUT2D eigenvalue weighted by molar-refractivity contribution is 6.51. The zero-order chi connectivity index (χ0) is 24.6. The van der Waals surface area contributed by atoms with Crippen molar-refractivity contribution in [2.45, 2.75) is 25.8 Å². The van der Waals surface area contributed by atoms with Gasteiger partial charge in [-0.25, -0.2) is 0 Å². The summed E-state index contributed by atoms with van der Waals surface area (Å²) in [6.45, 7) is 4.12. The Morgan fingerprint density at radius 2 is 1.74 bits per heavy atom. The van der Waals surface area contributed by atoms with Crippen molar-refractivity contribution in [3.63, 3.8) is 0 Å². The number of amides is 1. The Morgan fingerprint density at radius 1 is 1.03 bits per heavy atom. The lowest BCUT2D eigenvalue weighted by atomic mass is 9.94. The molecule has 1 amide bonds. The fourth-order valence-corrected chi connectivity index (χ4v) is 4.31. The van der Waals surface area contributed by atoms with Crippen molar-refractivity contribution in [3.05, 3.63) is 94.0 Å². The molecule has 1 saturated heterocycles. The Morgan fingerprint density at radius 3 is 2.35 bits per heavy atom. The maximum absolute atomic E-state index is 13.3. The minimum atomic E-state index is -0.972. The first-order valence-electron chi connectivity index (χ1n) is 10.8. The molecule has 0 saturated carbocycles. The molecule has 1 fully saturated rings. The number of rotatable bonds is 5. The van der Waals surface area contributed by atoms with Crippen LogP contribution in [0.4, 0.5) is 5.69 Å². The lowest BCUT2D eigenvalue weighted by molar-refractivity contribution is -0.132. The molecule has 0 aromatic heterocycles. The van der Waals surface area contributed by atoms with Gasteiger partial charge >= 0.3 is 0 Å². The molecular formula is C27H24ClNO5. The van der Waals surface area contributed by atoms with Gasteiger partial charge in [-0.15, -0.1) is 0 Å². The van der Waals surface area contributed by atoms with Crippen LogP contribution >= 0.6 is 11.6 Å². The standard InChI is InChI=1S/C27H24ClNO5/c1-15(2)16-7-10-19(11-8-16)29-24(17-5-4-6-20(30)13-17)23(26(32)27(29)33)25(31)21-14-18(28)9-12-22(21)34-3/h4-15,24,30-31H,1-3H3/b25-23+. The van der Waals surface area contributed by atoms with Crippen molar-refractivity contribution >= 4 is 34.7 Å². The third kappa shape index (κ3) is 4.13. The molecule has 6 nitrogen and oxygen atoms in total. The fraction of sp³-hybridized carbons (Fsp3) is 0.185. The first kappa shape index (κ1) is 23.4. The number of hydrogen-bond donors (Lipinski definition) is 2. The monoisotopic (exact) mass is 477 g/mol. The molecule has 1 atom stereocenters. The number of phenols is 1. The lowest BCUT2D eigenvalue weighted by Crippen LogP contribution is -2.29. The summed E-state index contributed by atoms with van der Waals surface area (Å²) in [7, 11) is 1.43. The van der Waals surface area contributed by atoms with Crippen molar-refractivity contribution in [1.29, 1.82) is 0 Å². The highest BCUT2D eigenvalue weighted by Gasteiger charge is 2.47. The molecule has 1 heterocycles. The second-order valence-corrected chi connectivity index (χ2v) is 8.79. The topological polar surface area (TPSA) is 87.1 Å². The van der Waals surface area contributed by atoms with Crippen LogP contribution in [0.1, 0.15) is 42.5 Å². The molecule has 1 aliphatic rings. The number of carbonyl (C=O) groups excluding carboxylic acids is 2. The predicted molar refractivity (Wildman–Crippen MR) is 131 cm³/mol. The Hall–Kier alpha value is -3.77. The number of anilines is 1. The number of aliphatic hydroxyl groups is 1. The van der Waals surface area contributed by atoms with Gasteiger partial charge in [0.1, 0.15) is 17.3 Å². The smallest absolute Gasteiger partial charge is 0.300 e. The summed E-state index contributed by atoms with van der Waals surface area (Å²) in [6.07, 6.45) is 0. The predicted octanol–water partition coefficient (Wildman–Crippen LogP) is 5.80. The number of Topliss-reactive ketones (excluding diaryl/α,β-unsaturated/α-hetero) is 1. The second-order valence-electron chi connectivity index (χ2n) is 8.35. The van der Waals surface area contributed by atoms with Gasteiger partial charge in [-0.2, -0.15) is 0 Å². The molecular weight excluding hydrogens is 454 g/mol. The summed E-state index contributed by atoms with van der Waals surface area (Å²) >= 11 is 6.14. The zero-order valence-corrected chi connectivity index (χ0v) is 19.7. The maximum atomic E-state index is 13.3. The van der Waals surface area contributed by atoms with Crippen molar-refractivity contribution in [3.8, 4) is 11.5 Å². The maximum Gasteiger partial charge on any atom is 0.300 e. The van der Waals surface area contributed by atoms with E-state index in [1.165, 1.54) is 30.2 Å². The van der Waals surface area contributed by atoms with E-state index >= 15 is 0 Å². The van der Waals surface area contributed by atoms with Crippen molar-refractivity contribution < 1.29 is 24.5 Å². The van der Waals surface area contributed by atoms with Crippen LogP contribution in [0.25, 0.3) is 5.76 Å². The van der Waals surface area contributed by atoms with Crippen LogP contribution in [0.2, 0.25) is 5.02 Å². The first-order valence-corrected chi connectivity index (χ1v) is 11.1. The van der Waals surface area contributed by atoms with Crippen LogP contribution in [0, 0.1) is 0 Å². The Bertz CT molecular complexity index is 1300. The largest absolute Gasteiger partial charge is 0.508 e. The molecule has 3 aromatic carbocycles. The average Bonchev–Trinajstić information content (AvgIpc) is 3.09. The summed E-state index contributed by atoms with van der Waals surface area (Å²) in [6, 6.07) is 17.3. The zero-order valence-electron chi connectivity index (χ0n) is 18.9. The van der Waals surface area contributed by atoms with E-state index in [0.29, 0.717) is 27.9 Å². The molecule has 1 unspecified atom stereocenters. The molecule has 0 bridgehead atoms. The van der Waals surface area contributed by atoms with E-state index in [9.17, 15) is 19.8 Å². The minimum absolute atomic E-state index is 0.0291. The summed E-state index contributed by atoms with van der Waals surface area (Å²) < 4.78 is 5.35. The molecule has 0 aliphatic carbocycles. The van der Waals surface area contributed by atoms with Gasteiger partial charge in [-0.1, -0.05) is 49.7 Å². The van der Waals surface area contributed by atoms with E-state index in [-0.39, 0.29) is 16.9 Å². The van der Waals surface area contributed by atoms with Gasteiger partial charge in [0.2, 0.25) is 0 Å². The number of aromatic hydroxyl groups is 1. The van der Waals surface area contributed by atoms with Gasteiger partial charge in [-0.3, -0.25) is 14.5 Å². The van der Waals surface area contributed by atoms with E-state index in [2.05, 4.69) is 13.8 Å². The number of carbonyl (C=O) groups is 2. The number of hydrogen-bond acceptors (Lipinski definition) is 5. The van der Waals surface area contributed by atoms with Gasteiger partial charge < -0.3 is 14.9 Å². The summed E-state index contributed by atoms with van der Waals surface area (Å²) in [4.78, 5) is 27.9. The van der Waals surface area contributed by atoms with Gasteiger partial charge in [0.05, 0.1) is 24.3 Å². The minimum Gasteiger partial charge on any atom is -0.508 e. The number of methoxy groups -OCH3 is 1. The quantitative estimate of drug-likeness (QED) is 0.275. The van der Waals surface area contributed by atoms with E-state index < -0.39 is 23.5 Å². The molecule has 0 radical (unpaired) electrons. The molecule has 1 aliphatic heterocycles. The second kappa shape index (κ2) is 9.23. The number of aliphatic hydroxyl groups excluding tert-OH is 1. The fourth-order valence-electron chi connectivity index (χ4n) is 4.14. The van der Waals surface area contributed by atoms with Gasteiger partial charge in [-0.05, 0) is 59.5 Å². The molecule has 7 heteroatoms. The van der Waals surface area contributed by atoms with Gasteiger partial charge in [0.15, 0.2) is 0 Å². The first-order chi connectivity index (χ1) is 16.2. The third-order valence-electron chi connectivity index (χ3n) is 5.88. The van der Waals surface area contributed by atoms with Crippen molar-refractivity contribution in [1.82, 2.24) is 0 Å². The summed E-state index contributed by atoms with van der Waals surface area (Å²) in [5.41, 5.74) is 2.11. The van der Waals surface area contributed by atoms with Gasteiger partial charge in [0, 0.05) is 10.7 Å². The number of halogens is 1. The van der Waals surface area contributed by atoms with E-state index in [1.54, 1.807) is 36.4 Å². The van der Waals surface area contributed by atoms with Crippen molar-refractivity contribution in [2.75, 3.05) is 12.0 Å². The Kier molecular flexibility index (Phi) is 6.35. The number of phenolic OH excluding ortho intramolecular Hbond substituents is 1. The third-order valence-corrected chi connectivity index (χ3v) is 6.12. The highest BCUT2D eigenvalue weighted by atomic mass is 35.5.